The van der Waals surface area contributed by atoms with Crippen LogP contribution in [0, 0.1) is 11.3 Å². The highest BCUT2D eigenvalue weighted by atomic mass is 16.1. The summed E-state index contributed by atoms with van der Waals surface area (Å²) in [5, 5.41) is 3.55. The number of aryl methyl sites for hydroxylation is 1. The van der Waals surface area contributed by atoms with Gasteiger partial charge >= 0.3 is 0 Å². The summed E-state index contributed by atoms with van der Waals surface area (Å²) in [6.07, 6.45) is 6.00. The molecule has 1 fully saturated rings. The van der Waals surface area contributed by atoms with Gasteiger partial charge in [-0.1, -0.05) is 80.1 Å². The minimum atomic E-state index is -0.247. The lowest BCUT2D eigenvalue weighted by atomic mass is 9.69. The molecule has 3 rings (SSSR count). The predicted octanol–water partition coefficient (Wildman–Crippen LogP) is 5.90. The molecule has 0 saturated heterocycles. The number of carbonyl (C=O) groups excluding carboxylic acids is 1. The van der Waals surface area contributed by atoms with E-state index in [-0.39, 0.29) is 5.41 Å². The van der Waals surface area contributed by atoms with E-state index < -0.39 is 0 Å². The Morgan fingerprint density at radius 3 is 2.41 bits per heavy atom. The minimum absolute atomic E-state index is 0.247. The van der Waals surface area contributed by atoms with Crippen LogP contribution in [0.5, 0.6) is 0 Å². The monoisotopic (exact) mass is 389 g/mol. The molecule has 1 aliphatic rings. The molecule has 1 aliphatic carbocycles. The Kier molecular flexibility index (Phi) is 7.44. The fourth-order valence-corrected chi connectivity index (χ4v) is 4.92. The van der Waals surface area contributed by atoms with Gasteiger partial charge in [-0.25, -0.2) is 0 Å². The third-order valence-electron chi connectivity index (χ3n) is 6.61. The molecular formula is C27H35NO. The molecule has 29 heavy (non-hydrogen) atoms. The van der Waals surface area contributed by atoms with Crippen molar-refractivity contribution in [2.24, 2.45) is 11.3 Å². The lowest BCUT2D eigenvalue weighted by molar-refractivity contribution is -0.128. The van der Waals surface area contributed by atoms with E-state index >= 15 is 0 Å². The van der Waals surface area contributed by atoms with Crippen molar-refractivity contribution in [3.05, 3.63) is 83.4 Å². The Balaban J connectivity index is 1.50. The Labute approximate surface area is 176 Å². The van der Waals surface area contributed by atoms with E-state index in [4.69, 9.17) is 0 Å². The summed E-state index contributed by atoms with van der Waals surface area (Å²) < 4.78 is 0. The third-order valence-corrected chi connectivity index (χ3v) is 6.61. The van der Waals surface area contributed by atoms with Gasteiger partial charge in [0.25, 0.3) is 0 Å². The highest BCUT2D eigenvalue weighted by Crippen LogP contribution is 2.50. The van der Waals surface area contributed by atoms with Crippen LogP contribution in [0.2, 0.25) is 0 Å². The number of benzene rings is 2. The maximum absolute atomic E-state index is 12.6. The van der Waals surface area contributed by atoms with Crippen LogP contribution in [0.4, 0.5) is 0 Å². The molecule has 2 heteroatoms. The molecule has 0 spiro atoms. The summed E-state index contributed by atoms with van der Waals surface area (Å²) in [5.74, 6) is 0.755. The van der Waals surface area contributed by atoms with Gasteiger partial charge in [-0.15, -0.1) is 0 Å². The number of hydrogen-bond acceptors (Lipinski definition) is 2. The van der Waals surface area contributed by atoms with E-state index in [9.17, 15) is 4.79 Å². The number of hydrogen-bond donors (Lipinski definition) is 1. The summed E-state index contributed by atoms with van der Waals surface area (Å²) in [6, 6.07) is 19.5. The quantitative estimate of drug-likeness (QED) is 0.405. The first-order chi connectivity index (χ1) is 14.0. The van der Waals surface area contributed by atoms with Gasteiger partial charge < -0.3 is 5.32 Å². The van der Waals surface area contributed by atoms with E-state index in [1.165, 1.54) is 22.3 Å². The number of nitrogens with one attached hydrogen (secondary N) is 1. The molecule has 0 aliphatic heterocycles. The van der Waals surface area contributed by atoms with Crippen LogP contribution in [0.1, 0.15) is 56.2 Å². The van der Waals surface area contributed by atoms with Gasteiger partial charge in [0.1, 0.15) is 5.78 Å². The van der Waals surface area contributed by atoms with Crippen LogP contribution < -0.4 is 5.32 Å². The fraction of sp³-hybridized carbons (Fsp3) is 0.444. The van der Waals surface area contributed by atoms with E-state index in [0.29, 0.717) is 11.7 Å². The minimum Gasteiger partial charge on any atom is -0.313 e. The molecule has 0 radical (unpaired) electrons. The second-order valence-corrected chi connectivity index (χ2v) is 8.71. The van der Waals surface area contributed by atoms with Crippen molar-refractivity contribution in [1.82, 2.24) is 5.32 Å². The lowest BCUT2D eigenvalue weighted by Gasteiger charge is -2.32. The zero-order valence-electron chi connectivity index (χ0n) is 18.0. The summed E-state index contributed by atoms with van der Waals surface area (Å²) >= 11 is 0. The van der Waals surface area contributed by atoms with Gasteiger partial charge in [-0.2, -0.15) is 0 Å². The predicted molar refractivity (Wildman–Crippen MR) is 122 cm³/mol. The molecule has 154 valence electrons. The first kappa shape index (κ1) is 21.5. The van der Waals surface area contributed by atoms with Gasteiger partial charge in [0.15, 0.2) is 0 Å². The molecule has 0 bridgehead atoms. The molecule has 0 heterocycles. The number of carbonyl (C=O) groups is 1. The van der Waals surface area contributed by atoms with Crippen LogP contribution in [0.3, 0.4) is 0 Å². The van der Waals surface area contributed by atoms with Crippen LogP contribution in [0.15, 0.2) is 66.7 Å². The molecule has 2 nitrogen and oxygen atoms in total. The highest BCUT2D eigenvalue weighted by molar-refractivity contribution is 5.84. The van der Waals surface area contributed by atoms with Crippen molar-refractivity contribution in [3.63, 3.8) is 0 Å². The highest BCUT2D eigenvalue weighted by Gasteiger charge is 2.46. The number of Topliss-reactive ketones (excluding diaryl/α,β-unsaturated/α-hetero) is 1. The molecular weight excluding hydrogens is 354 g/mol. The van der Waals surface area contributed by atoms with E-state index in [1.807, 2.05) is 0 Å². The van der Waals surface area contributed by atoms with Crippen molar-refractivity contribution >= 4 is 5.78 Å². The first-order valence-electron chi connectivity index (χ1n) is 11.0. The van der Waals surface area contributed by atoms with Crippen LogP contribution in [-0.2, 0) is 24.2 Å². The normalized spacial score (nSPS) is 21.4. The maximum Gasteiger partial charge on any atom is 0.136 e. The molecule has 2 atom stereocenters. The second kappa shape index (κ2) is 10.0. The Morgan fingerprint density at radius 1 is 1.07 bits per heavy atom. The Hall–Kier alpha value is -2.19. The zero-order chi connectivity index (χ0) is 20.7. The molecule has 1 saturated carbocycles. The molecule has 1 N–H and O–H groups in total. The topological polar surface area (TPSA) is 29.1 Å². The summed E-state index contributed by atoms with van der Waals surface area (Å²) in [6.45, 7) is 10.1. The molecule has 2 unspecified atom stereocenters. The van der Waals surface area contributed by atoms with Crippen LogP contribution in [-0.4, -0.2) is 12.3 Å². The summed E-state index contributed by atoms with van der Waals surface area (Å²) in [5.41, 5.74) is 4.96. The van der Waals surface area contributed by atoms with Crippen molar-refractivity contribution in [1.29, 1.82) is 0 Å². The largest absolute Gasteiger partial charge is 0.313 e. The van der Waals surface area contributed by atoms with Crippen molar-refractivity contribution in [3.8, 4) is 0 Å². The van der Waals surface area contributed by atoms with Crippen LogP contribution in [0.25, 0.3) is 0 Å². The average molecular weight is 390 g/mol. The SMILES string of the molecule is C=C1CC(CC)C(Cc2ccc(CNCCCc3ccccc3)cc2)(C(C)=O)C1. The molecule has 2 aromatic rings. The van der Waals surface area contributed by atoms with Crippen molar-refractivity contribution in [2.75, 3.05) is 6.54 Å². The van der Waals surface area contributed by atoms with E-state index in [2.05, 4.69) is 73.4 Å². The molecule has 0 amide bonds. The lowest BCUT2D eigenvalue weighted by Crippen LogP contribution is -2.35. The van der Waals surface area contributed by atoms with E-state index in [0.717, 1.165) is 51.6 Å². The van der Waals surface area contributed by atoms with Gasteiger partial charge in [0.05, 0.1) is 0 Å². The number of rotatable bonds is 10. The standard InChI is InChI=1S/C27H35NO/c1-4-26-17-21(2)18-27(26,22(3)29)19-24-12-14-25(15-13-24)20-28-16-8-11-23-9-6-5-7-10-23/h5-7,9-10,12-15,26,28H,2,4,8,11,16-20H2,1,3H3. The van der Waals surface area contributed by atoms with Crippen LogP contribution >= 0.6 is 0 Å². The Bertz CT molecular complexity index is 808. The number of allylic oxidation sites excluding steroid dienone is 1. The Morgan fingerprint density at radius 2 is 1.76 bits per heavy atom. The maximum atomic E-state index is 12.6. The summed E-state index contributed by atoms with van der Waals surface area (Å²) in [7, 11) is 0. The molecule has 0 aromatic heterocycles. The fourth-order valence-electron chi connectivity index (χ4n) is 4.92. The zero-order valence-corrected chi connectivity index (χ0v) is 18.0. The van der Waals surface area contributed by atoms with Gasteiger partial charge in [-0.05, 0) is 68.2 Å². The molecule has 2 aromatic carbocycles. The van der Waals surface area contributed by atoms with Gasteiger partial charge in [0, 0.05) is 12.0 Å². The number of ketones is 1. The van der Waals surface area contributed by atoms with Gasteiger partial charge in [0.2, 0.25) is 0 Å². The smallest absolute Gasteiger partial charge is 0.136 e. The van der Waals surface area contributed by atoms with E-state index in [1.54, 1.807) is 6.92 Å². The third kappa shape index (κ3) is 5.45. The first-order valence-corrected chi connectivity index (χ1v) is 11.0. The second-order valence-electron chi connectivity index (χ2n) is 8.71. The van der Waals surface area contributed by atoms with Crippen molar-refractivity contribution < 1.29 is 4.79 Å². The van der Waals surface area contributed by atoms with Gasteiger partial charge in [-0.3, -0.25) is 4.79 Å². The summed E-state index contributed by atoms with van der Waals surface area (Å²) in [4.78, 5) is 12.6. The van der Waals surface area contributed by atoms with Crippen molar-refractivity contribution in [2.45, 2.75) is 58.9 Å². The average Bonchev–Trinajstić information content (AvgIpc) is 3.06.